The maximum Gasteiger partial charge on any atom is 0.437 e. The zero-order valence-corrected chi connectivity index (χ0v) is 33.8. The third-order valence-corrected chi connectivity index (χ3v) is 15.3. The van der Waals surface area contributed by atoms with Gasteiger partial charge < -0.3 is 29.5 Å². The van der Waals surface area contributed by atoms with Crippen molar-refractivity contribution in [2.24, 2.45) is 5.92 Å². The fourth-order valence-corrected chi connectivity index (χ4v) is 10.5. The van der Waals surface area contributed by atoms with Gasteiger partial charge in [-0.05, 0) is 83.4 Å². The van der Waals surface area contributed by atoms with Gasteiger partial charge >= 0.3 is 12.3 Å². The van der Waals surface area contributed by atoms with Gasteiger partial charge in [-0.25, -0.2) is 18.2 Å². The first-order valence-electron chi connectivity index (χ1n) is 20.0. The molecule has 0 bridgehead atoms. The number of sulfonamides is 1. The van der Waals surface area contributed by atoms with Crippen LogP contribution < -0.4 is 19.5 Å². The molecule has 4 amide bonds. The van der Waals surface area contributed by atoms with Gasteiger partial charge in [-0.1, -0.05) is 25.0 Å². The maximum absolute atomic E-state index is 15.1. The van der Waals surface area contributed by atoms with Crippen LogP contribution in [0, 0.1) is 5.92 Å². The summed E-state index contributed by atoms with van der Waals surface area (Å²) < 4.78 is 89.0. The Morgan fingerprint density at radius 3 is 2.49 bits per heavy atom. The van der Waals surface area contributed by atoms with Crippen molar-refractivity contribution in [3.63, 3.8) is 0 Å². The minimum atomic E-state index is -4.95. The number of rotatable bonds is 6. The highest BCUT2D eigenvalue weighted by atomic mass is 32.2. The van der Waals surface area contributed by atoms with Crippen LogP contribution in [-0.2, 0) is 41.7 Å². The molecule has 5 heterocycles. The predicted molar refractivity (Wildman–Crippen MR) is 204 cm³/mol. The molecule has 2 aliphatic carbocycles. The van der Waals surface area contributed by atoms with Gasteiger partial charge in [-0.15, -0.1) is 0 Å². The van der Waals surface area contributed by atoms with E-state index < -0.39 is 90.9 Å². The van der Waals surface area contributed by atoms with Crippen LogP contribution in [0.3, 0.4) is 0 Å². The second-order valence-electron chi connectivity index (χ2n) is 17.5. The lowest BCUT2D eigenvalue weighted by molar-refractivity contribution is -0.158. The second-order valence-corrected chi connectivity index (χ2v) is 19.7. The number of nitrogens with zero attached hydrogens (tertiary/aromatic N) is 3. The quantitative estimate of drug-likeness (QED) is 0.348. The van der Waals surface area contributed by atoms with Crippen LogP contribution >= 0.6 is 0 Å². The van der Waals surface area contributed by atoms with E-state index in [1.807, 2.05) is 6.08 Å². The number of hydrogen-bond donors (Lipinski definition) is 3. The molecule has 1 spiro atoms. The Hall–Kier alpha value is -4.65. The van der Waals surface area contributed by atoms with Crippen molar-refractivity contribution in [2.75, 3.05) is 26.9 Å². The van der Waals surface area contributed by atoms with Gasteiger partial charge in [0.25, 0.3) is 5.91 Å². The number of benzene rings is 1. The summed E-state index contributed by atoms with van der Waals surface area (Å²) in [5.74, 6) is -3.26. The van der Waals surface area contributed by atoms with Gasteiger partial charge in [0.15, 0.2) is 11.4 Å². The topological polar surface area (TPSA) is 194 Å². The third-order valence-electron chi connectivity index (χ3n) is 13.2. The third kappa shape index (κ3) is 7.14. The Labute approximate surface area is 339 Å². The summed E-state index contributed by atoms with van der Waals surface area (Å²) in [6.45, 7) is 2.84. The van der Waals surface area contributed by atoms with E-state index in [-0.39, 0.29) is 62.9 Å². The average molecular weight is 848 g/mol. The molecule has 8 rings (SSSR count). The van der Waals surface area contributed by atoms with Gasteiger partial charge in [-0.2, -0.15) is 13.2 Å². The molecule has 1 aromatic heterocycles. The Kier molecular flexibility index (Phi) is 9.92. The molecule has 4 aliphatic heterocycles. The normalized spacial score (nSPS) is 30.5. The number of carbonyl (C=O) groups is 4. The molecule has 3 N–H and O–H groups in total. The van der Waals surface area contributed by atoms with Gasteiger partial charge in [0.05, 0.1) is 42.7 Å². The number of ether oxygens (including phenoxy) is 3. The highest BCUT2D eigenvalue weighted by Gasteiger charge is 2.64. The minimum absolute atomic E-state index is 0.0224. The maximum atomic E-state index is 15.1. The molecule has 4 fully saturated rings. The summed E-state index contributed by atoms with van der Waals surface area (Å²) in [6, 6.07) is 1.74. The lowest BCUT2D eigenvalue weighted by Crippen LogP contribution is -2.68. The van der Waals surface area contributed by atoms with E-state index in [2.05, 4.69) is 15.0 Å². The lowest BCUT2D eigenvalue weighted by Gasteiger charge is -2.49. The van der Waals surface area contributed by atoms with Crippen molar-refractivity contribution in [3.8, 4) is 11.5 Å². The van der Waals surface area contributed by atoms with Crippen LogP contribution in [0.25, 0.3) is 10.9 Å². The second kappa shape index (κ2) is 14.2. The summed E-state index contributed by atoms with van der Waals surface area (Å²) in [4.78, 5) is 63.0. The SMILES string of the molecule is COc1ccc2nc(C(F)(F)F)c3c(c2c1)CC[C@]1(C[C@H]2C(=O)N[C@]4(C(=O)NS(=O)(=O)C5(C)CC5)C[C@H]4/C=C\CCCCC[C@H](N(C(=O)O)C4(C)COC4)C(=O)N2C1)O3. The number of aryl methyl sites for hydroxylation is 1. The fraction of sp³-hybridized carbons (Fsp3) is 0.625. The molecule has 320 valence electrons. The molecular formula is C40H48F3N5O10S. The molecule has 0 unspecified atom stereocenters. The van der Waals surface area contributed by atoms with Crippen LogP contribution in [0.4, 0.5) is 18.0 Å². The first-order chi connectivity index (χ1) is 27.8. The van der Waals surface area contributed by atoms with Crippen molar-refractivity contribution in [3.05, 3.63) is 41.6 Å². The molecule has 19 heteroatoms. The van der Waals surface area contributed by atoms with Crippen molar-refractivity contribution in [2.45, 2.75) is 124 Å². The number of nitrogens with one attached hydrogen (secondary N) is 2. The number of methoxy groups -OCH3 is 1. The van der Waals surface area contributed by atoms with Crippen molar-refractivity contribution >= 4 is 44.7 Å². The molecule has 5 atom stereocenters. The van der Waals surface area contributed by atoms with Crippen LogP contribution in [0.15, 0.2) is 30.4 Å². The molecular weight excluding hydrogens is 800 g/mol. The van der Waals surface area contributed by atoms with Crippen LogP contribution in [-0.4, -0.2) is 113 Å². The Morgan fingerprint density at radius 2 is 1.85 bits per heavy atom. The average Bonchev–Trinajstić information content (AvgIpc) is 4.06. The highest BCUT2D eigenvalue weighted by molar-refractivity contribution is 7.91. The van der Waals surface area contributed by atoms with Crippen molar-refractivity contribution < 1.29 is 60.1 Å². The van der Waals surface area contributed by atoms with E-state index in [0.29, 0.717) is 49.7 Å². The molecule has 59 heavy (non-hydrogen) atoms. The molecule has 2 saturated carbocycles. The van der Waals surface area contributed by atoms with Crippen LogP contribution in [0.1, 0.15) is 89.3 Å². The zero-order chi connectivity index (χ0) is 42.3. The molecule has 0 radical (unpaired) electrons. The highest BCUT2D eigenvalue weighted by Crippen LogP contribution is 2.51. The Balaban J connectivity index is 1.20. The molecule has 15 nitrogen and oxygen atoms in total. The minimum Gasteiger partial charge on any atom is -0.497 e. The van der Waals surface area contributed by atoms with E-state index in [0.717, 1.165) is 4.90 Å². The van der Waals surface area contributed by atoms with E-state index in [4.69, 9.17) is 14.2 Å². The number of carbonyl (C=O) groups excluding carboxylic acids is 3. The predicted octanol–water partition coefficient (Wildman–Crippen LogP) is 4.46. The van der Waals surface area contributed by atoms with Crippen LogP contribution in [0.5, 0.6) is 11.5 Å². The molecule has 1 aromatic carbocycles. The van der Waals surface area contributed by atoms with E-state index in [1.54, 1.807) is 19.1 Å². The number of carboxylic acid groups (broad SMARTS) is 1. The monoisotopic (exact) mass is 847 g/mol. The number of alkyl halides is 3. The number of pyridine rings is 1. The Morgan fingerprint density at radius 1 is 1.10 bits per heavy atom. The Bertz CT molecular complexity index is 2250. The fourth-order valence-electron chi connectivity index (χ4n) is 9.19. The molecule has 2 saturated heterocycles. The zero-order valence-electron chi connectivity index (χ0n) is 33.0. The number of allylic oxidation sites excluding steroid dienone is 1. The smallest absolute Gasteiger partial charge is 0.437 e. The van der Waals surface area contributed by atoms with Crippen molar-refractivity contribution in [1.82, 2.24) is 24.8 Å². The summed E-state index contributed by atoms with van der Waals surface area (Å²) >= 11 is 0. The first-order valence-corrected chi connectivity index (χ1v) is 21.5. The van der Waals surface area contributed by atoms with Gasteiger partial charge in [0, 0.05) is 23.3 Å². The largest absolute Gasteiger partial charge is 0.497 e. The summed E-state index contributed by atoms with van der Waals surface area (Å²) in [6.07, 6.45) is 0.246. The standard InChI is InChI=1S/C40H48F3N5O10S/c1-36(21-57-22-36)48(35(52)53)28-10-8-6-4-5-7-9-23-18-39(23,34(51)46-59(54,55)37(2)15-16-37)45-32(49)29-19-38(20-47(29)33(28)50)14-13-25-26-17-24(56-3)11-12-27(26)44-31(30(25)58-38)40(41,42)43/h7,9,11-12,17,23,28-29H,4-6,8,10,13-16,18-22H2,1-3H3,(H,45,49)(H,46,51)(H,52,53)/b9-7-/t23-,28+,29+,38-,39-/m1/s1. The number of fused-ring (bicyclic) bond motifs is 5. The molecule has 2 aromatic rings. The first kappa shape index (κ1) is 41.1. The number of halogens is 3. The van der Waals surface area contributed by atoms with E-state index in [9.17, 15) is 41.1 Å². The molecule has 6 aliphatic rings. The summed E-state index contributed by atoms with van der Waals surface area (Å²) in [5.41, 5.74) is -5.32. The van der Waals surface area contributed by atoms with Gasteiger partial charge in [-0.3, -0.25) is 24.0 Å². The van der Waals surface area contributed by atoms with Gasteiger partial charge in [0.1, 0.15) is 29.0 Å². The summed E-state index contributed by atoms with van der Waals surface area (Å²) in [7, 11) is -2.69. The summed E-state index contributed by atoms with van der Waals surface area (Å²) in [5, 5.41) is 13.8. The number of hydrogen-bond acceptors (Lipinski definition) is 10. The van der Waals surface area contributed by atoms with Crippen LogP contribution in [0.2, 0.25) is 0 Å². The van der Waals surface area contributed by atoms with E-state index in [1.165, 1.54) is 31.1 Å². The van der Waals surface area contributed by atoms with Gasteiger partial charge in [0.2, 0.25) is 21.8 Å². The van der Waals surface area contributed by atoms with E-state index >= 15 is 4.79 Å². The lowest BCUT2D eigenvalue weighted by atomic mass is 9.87. The number of amides is 4. The number of aromatic nitrogens is 1. The van der Waals surface area contributed by atoms with Crippen molar-refractivity contribution in [1.29, 1.82) is 0 Å².